The maximum Gasteiger partial charge on any atom is 1.00 e. The number of carbonyl (C=O) groups is 2. The van der Waals surface area contributed by atoms with Gasteiger partial charge in [0, 0.05) is 35.5 Å². The van der Waals surface area contributed by atoms with Crippen LogP contribution in [0.15, 0.2) is 54.6 Å². The Morgan fingerprint density at radius 3 is 2.40 bits per heavy atom. The second-order valence-corrected chi connectivity index (χ2v) is 9.20. The van der Waals surface area contributed by atoms with Gasteiger partial charge in [-0.05, 0) is 67.3 Å². The van der Waals surface area contributed by atoms with Crippen molar-refractivity contribution < 1.29 is 53.7 Å². The zero-order valence-electron chi connectivity index (χ0n) is 19.0. The van der Waals surface area contributed by atoms with Crippen molar-refractivity contribution in [1.29, 1.82) is 0 Å². The molecule has 0 spiro atoms. The molecule has 0 fully saturated rings. The Hall–Kier alpha value is -1.73. The van der Waals surface area contributed by atoms with Crippen LogP contribution in [-0.2, 0) is 11.2 Å². The number of hydrogen-bond donors (Lipinski definition) is 0. The van der Waals surface area contributed by atoms with E-state index in [9.17, 15) is 14.7 Å². The average molecular weight is 542 g/mol. The van der Waals surface area contributed by atoms with Crippen LogP contribution in [0.1, 0.15) is 46.7 Å². The van der Waals surface area contributed by atoms with Crippen molar-refractivity contribution in [1.82, 2.24) is 0 Å². The molecule has 0 aliphatic carbocycles. The van der Waals surface area contributed by atoms with Gasteiger partial charge in [-0.25, -0.2) is 0 Å². The van der Waals surface area contributed by atoms with E-state index in [-0.39, 0.29) is 47.0 Å². The Balaban J connectivity index is 0.00000342. The smallest absolute Gasteiger partial charge is 0.549 e. The van der Waals surface area contributed by atoms with E-state index in [4.69, 9.17) is 44.3 Å². The third-order valence-electron chi connectivity index (χ3n) is 5.65. The van der Waals surface area contributed by atoms with Gasteiger partial charge in [0.15, 0.2) is 5.78 Å². The van der Waals surface area contributed by atoms with Gasteiger partial charge in [0.25, 0.3) is 0 Å². The Labute approximate surface area is 240 Å². The zero-order chi connectivity index (χ0) is 24.2. The molecule has 0 bridgehead atoms. The van der Waals surface area contributed by atoms with Crippen molar-refractivity contribution >= 4 is 46.6 Å². The number of carboxylic acid groups (broad SMARTS) is 1. The number of fused-ring (bicyclic) bond motifs is 1. The number of rotatable bonds is 8. The second kappa shape index (κ2) is 12.5. The summed E-state index contributed by atoms with van der Waals surface area (Å²) in [6.07, 6.45) is 2.14. The Kier molecular flexibility index (Phi) is 9.94. The first-order valence-electron chi connectivity index (χ1n) is 10.7. The molecule has 1 unspecified atom stereocenters. The van der Waals surface area contributed by atoms with Crippen LogP contribution in [0.4, 0.5) is 0 Å². The molecule has 0 saturated carbocycles. The maximum absolute atomic E-state index is 12.5. The van der Waals surface area contributed by atoms with Gasteiger partial charge in [-0.15, -0.1) is 0 Å². The molecular weight excluding hydrogens is 522 g/mol. The number of carbonyl (C=O) groups excluding carboxylic acids is 2. The first-order chi connectivity index (χ1) is 16.3. The number of ether oxygens (including phenoxy) is 2. The normalized spacial score (nSPS) is 14.3. The number of ketones is 1. The van der Waals surface area contributed by atoms with Crippen molar-refractivity contribution in [2.24, 2.45) is 0 Å². The molecule has 5 nitrogen and oxygen atoms in total. The van der Waals surface area contributed by atoms with E-state index in [0.717, 1.165) is 12.0 Å². The summed E-state index contributed by atoms with van der Waals surface area (Å²) in [5.41, 5.74) is 2.09. The van der Waals surface area contributed by atoms with Gasteiger partial charge in [0.2, 0.25) is 0 Å². The quantitative estimate of drug-likeness (QED) is 0.323. The van der Waals surface area contributed by atoms with Gasteiger partial charge < -0.3 is 19.4 Å². The summed E-state index contributed by atoms with van der Waals surface area (Å²) in [5.74, 6) is -0.667. The van der Waals surface area contributed by atoms with Gasteiger partial charge in [0.1, 0.15) is 17.2 Å². The summed E-state index contributed by atoms with van der Waals surface area (Å²) in [6.45, 7) is 0.272. The fraction of sp³-hybridized carbons (Fsp3) is 0.231. The van der Waals surface area contributed by atoms with Crippen LogP contribution in [-0.4, -0.2) is 18.4 Å². The molecule has 3 aromatic rings. The summed E-state index contributed by atoms with van der Waals surface area (Å²) >= 11 is 18.3. The Morgan fingerprint density at radius 1 is 0.971 bits per heavy atom. The first kappa shape index (κ1) is 27.9. The number of aliphatic carboxylic acids is 1. The molecule has 1 heterocycles. The summed E-state index contributed by atoms with van der Waals surface area (Å²) in [6, 6.07) is 15.4. The molecule has 0 saturated heterocycles. The van der Waals surface area contributed by atoms with E-state index < -0.39 is 11.9 Å². The number of halogens is 3. The van der Waals surface area contributed by atoms with Crippen LogP contribution in [0.25, 0.3) is 0 Å². The Morgan fingerprint density at radius 2 is 1.71 bits per heavy atom. The molecule has 0 amide bonds. The third kappa shape index (κ3) is 6.94. The van der Waals surface area contributed by atoms with Crippen molar-refractivity contribution in [3.05, 3.63) is 86.4 Å². The summed E-state index contributed by atoms with van der Waals surface area (Å²) < 4.78 is 11.4. The largest absolute Gasteiger partial charge is 1.00 e. The molecule has 0 aromatic heterocycles. The van der Waals surface area contributed by atoms with E-state index >= 15 is 0 Å². The van der Waals surface area contributed by atoms with Crippen LogP contribution < -0.4 is 44.1 Å². The van der Waals surface area contributed by atoms with Crippen molar-refractivity contribution in [3.8, 4) is 17.2 Å². The predicted molar refractivity (Wildman–Crippen MR) is 130 cm³/mol. The van der Waals surface area contributed by atoms with Crippen molar-refractivity contribution in [3.63, 3.8) is 0 Å². The number of Topliss-reactive ketones (excluding diaryl/α,β-unsaturated/α-hetero) is 1. The molecule has 0 N–H and O–H groups in total. The SMILES string of the molecule is O=C(CCCc1ccc(Cl)c(Cl)c1)c1ccc(Oc2cc3c(cc2Cl)C(C(=O)[O-])CCO3)cc1.[Na+]. The first-order valence-corrected chi connectivity index (χ1v) is 11.9. The van der Waals surface area contributed by atoms with Crippen LogP contribution in [0.3, 0.4) is 0 Å². The molecule has 3 aromatic carbocycles. The predicted octanol–water partition coefficient (Wildman–Crippen LogP) is 3.26. The number of hydrogen-bond acceptors (Lipinski definition) is 5. The molecule has 0 radical (unpaired) electrons. The summed E-state index contributed by atoms with van der Waals surface area (Å²) in [4.78, 5) is 23.9. The van der Waals surface area contributed by atoms with E-state index in [1.165, 1.54) is 6.07 Å². The molecule has 1 aliphatic rings. The van der Waals surface area contributed by atoms with Crippen LogP contribution in [0.5, 0.6) is 17.2 Å². The van der Waals surface area contributed by atoms with Crippen LogP contribution >= 0.6 is 34.8 Å². The maximum atomic E-state index is 12.5. The van der Waals surface area contributed by atoms with Gasteiger partial charge in [-0.2, -0.15) is 0 Å². The number of carboxylic acids is 1. The van der Waals surface area contributed by atoms with Gasteiger partial charge in [0.05, 0.1) is 21.7 Å². The number of aryl methyl sites for hydroxylation is 1. The van der Waals surface area contributed by atoms with E-state index in [0.29, 0.717) is 57.7 Å². The van der Waals surface area contributed by atoms with Gasteiger partial charge in [-0.3, -0.25) is 4.79 Å². The van der Waals surface area contributed by atoms with Gasteiger partial charge in [-0.1, -0.05) is 40.9 Å². The molecule has 4 rings (SSSR count). The molecule has 176 valence electrons. The Bertz CT molecular complexity index is 1230. The average Bonchev–Trinajstić information content (AvgIpc) is 2.82. The van der Waals surface area contributed by atoms with Crippen LogP contribution in [0, 0.1) is 0 Å². The van der Waals surface area contributed by atoms with Gasteiger partial charge >= 0.3 is 29.6 Å². The molecule has 9 heteroatoms. The fourth-order valence-electron chi connectivity index (χ4n) is 3.84. The topological polar surface area (TPSA) is 75.7 Å². The minimum Gasteiger partial charge on any atom is -0.549 e. The minimum atomic E-state index is -1.16. The van der Waals surface area contributed by atoms with E-state index in [2.05, 4.69) is 0 Å². The summed E-state index contributed by atoms with van der Waals surface area (Å²) in [7, 11) is 0. The van der Waals surface area contributed by atoms with E-state index in [1.807, 2.05) is 12.1 Å². The minimum absolute atomic E-state index is 0. The third-order valence-corrected chi connectivity index (χ3v) is 6.68. The van der Waals surface area contributed by atoms with Crippen molar-refractivity contribution in [2.75, 3.05) is 6.61 Å². The molecule has 1 atom stereocenters. The number of benzene rings is 3. The van der Waals surface area contributed by atoms with Crippen LogP contribution in [0.2, 0.25) is 15.1 Å². The molecule has 35 heavy (non-hydrogen) atoms. The van der Waals surface area contributed by atoms with E-state index in [1.54, 1.807) is 36.4 Å². The molecular formula is C26H20Cl3NaO5. The summed E-state index contributed by atoms with van der Waals surface area (Å²) in [5, 5.41) is 12.7. The zero-order valence-corrected chi connectivity index (χ0v) is 23.3. The monoisotopic (exact) mass is 540 g/mol. The standard InChI is InChI=1S/C26H21Cl3O5.Na/c27-20-9-4-15(12-21(20)28)2-1-3-23(30)16-5-7-17(8-6-16)34-25-14-24-19(13-22(25)29)18(26(31)32)10-11-33-24;/h4-9,12-14,18H,1-3,10-11H2,(H,31,32);/q;+1/p-1. The second-order valence-electron chi connectivity index (χ2n) is 7.98. The van der Waals surface area contributed by atoms with Crippen molar-refractivity contribution in [2.45, 2.75) is 31.6 Å². The molecule has 1 aliphatic heterocycles. The fourth-order valence-corrected chi connectivity index (χ4v) is 4.37.